The number of nitrogens with zero attached hydrogens (tertiary/aromatic N) is 1. The molecule has 5 nitrogen and oxygen atoms in total. The van der Waals surface area contributed by atoms with Crippen LogP contribution in [-0.4, -0.2) is 35.3 Å². The molecule has 1 aliphatic carbocycles. The third-order valence-corrected chi connectivity index (χ3v) is 5.12. The highest BCUT2D eigenvalue weighted by Crippen LogP contribution is 2.30. The van der Waals surface area contributed by atoms with Gasteiger partial charge in [-0.3, -0.25) is 9.59 Å². The molecular formula is C18H25N3O2. The van der Waals surface area contributed by atoms with E-state index in [0.717, 1.165) is 31.4 Å². The fourth-order valence-electron chi connectivity index (χ4n) is 3.65. The molecule has 0 bridgehead atoms. The Morgan fingerprint density at radius 3 is 2.30 bits per heavy atom. The Labute approximate surface area is 137 Å². The molecule has 2 fully saturated rings. The van der Waals surface area contributed by atoms with Crippen molar-refractivity contribution in [3.63, 3.8) is 0 Å². The third kappa shape index (κ3) is 3.55. The summed E-state index contributed by atoms with van der Waals surface area (Å²) in [6, 6.07) is 9.49. The first kappa shape index (κ1) is 16.0. The van der Waals surface area contributed by atoms with E-state index in [9.17, 15) is 9.59 Å². The first-order chi connectivity index (χ1) is 11.1. The summed E-state index contributed by atoms with van der Waals surface area (Å²) in [5, 5.41) is 2.95. The van der Waals surface area contributed by atoms with Gasteiger partial charge in [-0.15, -0.1) is 0 Å². The van der Waals surface area contributed by atoms with Crippen molar-refractivity contribution in [2.75, 3.05) is 18.4 Å². The molecule has 0 unspecified atom stereocenters. The molecule has 0 radical (unpaired) electrons. The summed E-state index contributed by atoms with van der Waals surface area (Å²) in [5.74, 6) is 0.0973. The zero-order valence-corrected chi connectivity index (χ0v) is 13.5. The number of anilines is 1. The Hall–Kier alpha value is -1.88. The van der Waals surface area contributed by atoms with Gasteiger partial charge in [-0.25, -0.2) is 0 Å². The normalized spacial score (nSPS) is 21.2. The minimum atomic E-state index is -0.654. The van der Waals surface area contributed by atoms with E-state index in [1.807, 2.05) is 35.2 Å². The average Bonchev–Trinajstić information content (AvgIpc) is 3.03. The number of carbonyl (C=O) groups excluding carboxylic acids is 2. The topological polar surface area (TPSA) is 75.4 Å². The van der Waals surface area contributed by atoms with Crippen molar-refractivity contribution >= 4 is 17.5 Å². The zero-order valence-electron chi connectivity index (χ0n) is 13.5. The molecule has 0 atom stereocenters. The number of rotatable bonds is 3. The van der Waals surface area contributed by atoms with Crippen molar-refractivity contribution in [2.24, 2.45) is 11.7 Å². The van der Waals surface area contributed by atoms with Crippen molar-refractivity contribution in [3.8, 4) is 0 Å². The number of nitrogens with one attached hydrogen (secondary N) is 1. The number of benzene rings is 1. The predicted molar refractivity (Wildman–Crippen MR) is 89.8 cm³/mol. The fourth-order valence-corrected chi connectivity index (χ4v) is 3.65. The van der Waals surface area contributed by atoms with Gasteiger partial charge in [0.15, 0.2) is 0 Å². The van der Waals surface area contributed by atoms with Gasteiger partial charge in [-0.05, 0) is 37.8 Å². The van der Waals surface area contributed by atoms with E-state index in [1.165, 1.54) is 0 Å². The molecule has 23 heavy (non-hydrogen) atoms. The predicted octanol–water partition coefficient (Wildman–Crippen LogP) is 2.14. The Balaban J connectivity index is 1.52. The van der Waals surface area contributed by atoms with E-state index < -0.39 is 5.54 Å². The third-order valence-electron chi connectivity index (χ3n) is 5.12. The van der Waals surface area contributed by atoms with Crippen LogP contribution in [-0.2, 0) is 9.59 Å². The molecule has 1 aromatic rings. The van der Waals surface area contributed by atoms with Crippen LogP contribution in [0.1, 0.15) is 38.5 Å². The number of amides is 2. The van der Waals surface area contributed by atoms with Crippen molar-refractivity contribution in [1.29, 1.82) is 0 Å². The van der Waals surface area contributed by atoms with Crippen molar-refractivity contribution in [3.05, 3.63) is 30.3 Å². The molecule has 0 spiro atoms. The maximum absolute atomic E-state index is 12.6. The molecule has 5 heteroatoms. The highest BCUT2D eigenvalue weighted by atomic mass is 16.2. The van der Waals surface area contributed by atoms with Crippen LogP contribution in [0.5, 0.6) is 0 Å². The summed E-state index contributed by atoms with van der Waals surface area (Å²) in [6.45, 7) is 1.26. The van der Waals surface area contributed by atoms with Gasteiger partial charge >= 0.3 is 0 Å². The largest absolute Gasteiger partial charge is 0.341 e. The van der Waals surface area contributed by atoms with Gasteiger partial charge in [0, 0.05) is 24.7 Å². The van der Waals surface area contributed by atoms with E-state index in [2.05, 4.69) is 5.32 Å². The Morgan fingerprint density at radius 1 is 1.09 bits per heavy atom. The minimum Gasteiger partial charge on any atom is -0.341 e. The molecule has 1 aliphatic heterocycles. The molecule has 3 rings (SSSR count). The lowest BCUT2D eigenvalue weighted by atomic mass is 9.92. The van der Waals surface area contributed by atoms with Crippen molar-refractivity contribution in [1.82, 2.24) is 4.90 Å². The smallest absolute Gasteiger partial charge is 0.242 e. The van der Waals surface area contributed by atoms with Gasteiger partial charge in [0.25, 0.3) is 0 Å². The molecule has 2 amide bonds. The summed E-state index contributed by atoms with van der Waals surface area (Å²) in [4.78, 5) is 26.8. The molecule has 1 heterocycles. The van der Waals surface area contributed by atoms with Gasteiger partial charge in [-0.2, -0.15) is 0 Å². The van der Waals surface area contributed by atoms with Crippen molar-refractivity contribution in [2.45, 2.75) is 44.1 Å². The molecular weight excluding hydrogens is 290 g/mol. The molecule has 124 valence electrons. The Morgan fingerprint density at radius 2 is 1.70 bits per heavy atom. The summed E-state index contributed by atoms with van der Waals surface area (Å²) in [6.07, 6.45) is 5.08. The van der Waals surface area contributed by atoms with Gasteiger partial charge in [-0.1, -0.05) is 31.0 Å². The second-order valence-electron chi connectivity index (χ2n) is 6.78. The van der Waals surface area contributed by atoms with Crippen molar-refractivity contribution < 1.29 is 9.59 Å². The molecule has 1 saturated heterocycles. The van der Waals surface area contributed by atoms with E-state index in [-0.39, 0.29) is 17.7 Å². The average molecular weight is 315 g/mol. The number of hydrogen-bond donors (Lipinski definition) is 2. The van der Waals surface area contributed by atoms with Crippen LogP contribution in [0.2, 0.25) is 0 Å². The monoisotopic (exact) mass is 315 g/mol. The highest BCUT2D eigenvalue weighted by Gasteiger charge is 2.41. The summed E-state index contributed by atoms with van der Waals surface area (Å²) in [5.41, 5.74) is 6.43. The first-order valence-electron chi connectivity index (χ1n) is 8.53. The maximum Gasteiger partial charge on any atom is 0.242 e. The Bertz CT molecular complexity index is 559. The second kappa shape index (κ2) is 6.71. The zero-order chi connectivity index (χ0) is 16.3. The van der Waals surface area contributed by atoms with Crippen LogP contribution in [0.4, 0.5) is 5.69 Å². The SMILES string of the molecule is NC1(C(=O)N2CCC(C(=O)Nc3ccccc3)CC2)CCCC1. The first-order valence-corrected chi connectivity index (χ1v) is 8.53. The fraction of sp³-hybridized carbons (Fsp3) is 0.556. The quantitative estimate of drug-likeness (QED) is 0.897. The van der Waals surface area contributed by atoms with Crippen LogP contribution in [0.25, 0.3) is 0 Å². The summed E-state index contributed by atoms with van der Waals surface area (Å²) in [7, 11) is 0. The molecule has 2 aliphatic rings. The number of likely N-dealkylation sites (tertiary alicyclic amines) is 1. The highest BCUT2D eigenvalue weighted by molar-refractivity contribution is 5.93. The lowest BCUT2D eigenvalue weighted by Crippen LogP contribution is -2.55. The molecule has 1 aromatic carbocycles. The van der Waals surface area contributed by atoms with Crippen LogP contribution in [0, 0.1) is 5.92 Å². The number of hydrogen-bond acceptors (Lipinski definition) is 3. The van der Waals surface area contributed by atoms with E-state index in [0.29, 0.717) is 25.9 Å². The Kier molecular flexibility index (Phi) is 4.66. The standard InChI is InChI=1S/C18H25N3O2/c19-18(10-4-5-11-18)17(23)21-12-8-14(9-13-21)16(22)20-15-6-2-1-3-7-15/h1-3,6-7,14H,4-5,8-13,19H2,(H,20,22). The summed E-state index contributed by atoms with van der Waals surface area (Å²) < 4.78 is 0. The molecule has 0 aromatic heterocycles. The van der Waals surface area contributed by atoms with Gasteiger partial charge < -0.3 is 16.0 Å². The second-order valence-corrected chi connectivity index (χ2v) is 6.78. The van der Waals surface area contributed by atoms with E-state index in [1.54, 1.807) is 0 Å². The minimum absolute atomic E-state index is 0.0310. The van der Waals surface area contributed by atoms with Crippen LogP contribution >= 0.6 is 0 Å². The summed E-state index contributed by atoms with van der Waals surface area (Å²) >= 11 is 0. The van der Waals surface area contributed by atoms with Crippen LogP contribution in [0.15, 0.2) is 30.3 Å². The van der Waals surface area contributed by atoms with Gasteiger partial charge in [0.05, 0.1) is 5.54 Å². The van der Waals surface area contributed by atoms with Crippen LogP contribution < -0.4 is 11.1 Å². The van der Waals surface area contributed by atoms with E-state index in [4.69, 9.17) is 5.73 Å². The number of piperidine rings is 1. The molecule has 3 N–H and O–H groups in total. The lowest BCUT2D eigenvalue weighted by Gasteiger charge is -2.36. The van der Waals surface area contributed by atoms with E-state index >= 15 is 0 Å². The lowest BCUT2D eigenvalue weighted by molar-refractivity contribution is -0.139. The number of nitrogens with two attached hydrogens (primary N) is 1. The van der Waals surface area contributed by atoms with Gasteiger partial charge in [0.2, 0.25) is 11.8 Å². The number of carbonyl (C=O) groups is 2. The maximum atomic E-state index is 12.6. The van der Waals surface area contributed by atoms with Gasteiger partial charge in [0.1, 0.15) is 0 Å². The molecule has 1 saturated carbocycles. The van der Waals surface area contributed by atoms with Crippen LogP contribution in [0.3, 0.4) is 0 Å². The number of para-hydroxylation sites is 1.